The number of tetrazole rings is 1. The number of rotatable bonds is 3. The minimum absolute atomic E-state index is 0.103. The third kappa shape index (κ3) is 2.66. The number of carbonyl (C=O) groups excluding carboxylic acids is 1. The van der Waals surface area contributed by atoms with Crippen molar-refractivity contribution in [3.05, 3.63) is 40.8 Å². The van der Waals surface area contributed by atoms with Gasteiger partial charge in [0.15, 0.2) is 0 Å². The molecule has 1 aromatic carbocycles. The largest absolute Gasteiger partial charge is 0.368 e. The van der Waals surface area contributed by atoms with Crippen LogP contribution in [0, 0.1) is 0 Å². The van der Waals surface area contributed by atoms with E-state index in [-0.39, 0.29) is 17.6 Å². The van der Waals surface area contributed by atoms with E-state index >= 15 is 0 Å². The molecule has 22 heavy (non-hydrogen) atoms. The number of para-hydroxylation sites is 1. The van der Waals surface area contributed by atoms with E-state index in [2.05, 4.69) is 10.4 Å². The zero-order valence-electron chi connectivity index (χ0n) is 12.6. The minimum Gasteiger partial charge on any atom is -0.341 e. The summed E-state index contributed by atoms with van der Waals surface area (Å²) < 4.78 is 2.70. The van der Waals surface area contributed by atoms with Gasteiger partial charge < -0.3 is 4.90 Å². The van der Waals surface area contributed by atoms with Gasteiger partial charge in [-0.25, -0.2) is 4.79 Å². The molecule has 3 rings (SSSR count). The van der Waals surface area contributed by atoms with E-state index in [9.17, 15) is 9.59 Å². The van der Waals surface area contributed by atoms with Crippen molar-refractivity contribution < 1.29 is 4.79 Å². The summed E-state index contributed by atoms with van der Waals surface area (Å²) >= 11 is 0. The Kier molecular flexibility index (Phi) is 4.04. The zero-order chi connectivity index (χ0) is 15.5. The van der Waals surface area contributed by atoms with Crippen LogP contribution in [0.15, 0.2) is 35.1 Å². The second-order valence-corrected chi connectivity index (χ2v) is 5.44. The van der Waals surface area contributed by atoms with Gasteiger partial charge in [-0.3, -0.25) is 4.79 Å². The molecule has 0 bridgehead atoms. The molecule has 1 fully saturated rings. The second-order valence-electron chi connectivity index (χ2n) is 5.44. The maximum Gasteiger partial charge on any atom is 0.368 e. The molecule has 1 aliphatic rings. The summed E-state index contributed by atoms with van der Waals surface area (Å²) in [6.45, 7) is 3.13. The molecule has 1 aliphatic heterocycles. The number of amides is 1. The first-order valence-corrected chi connectivity index (χ1v) is 7.58. The first-order valence-electron chi connectivity index (χ1n) is 7.58. The summed E-state index contributed by atoms with van der Waals surface area (Å²) in [5, 5.41) is 7.98. The molecule has 7 heteroatoms. The summed E-state index contributed by atoms with van der Waals surface area (Å²) in [5.41, 5.74) is 0.429. The van der Waals surface area contributed by atoms with Crippen molar-refractivity contribution in [1.82, 2.24) is 24.7 Å². The summed E-state index contributed by atoms with van der Waals surface area (Å²) in [7, 11) is 0. The predicted molar refractivity (Wildman–Crippen MR) is 80.8 cm³/mol. The topological polar surface area (TPSA) is 73.0 Å². The molecular formula is C15H19N5O2. The van der Waals surface area contributed by atoms with Crippen LogP contribution in [0.1, 0.15) is 32.2 Å². The fraction of sp³-hybridized carbons (Fsp3) is 0.467. The van der Waals surface area contributed by atoms with E-state index in [0.29, 0.717) is 18.7 Å². The molecule has 1 aromatic heterocycles. The van der Waals surface area contributed by atoms with Crippen LogP contribution < -0.4 is 5.69 Å². The maximum atomic E-state index is 12.5. The van der Waals surface area contributed by atoms with Crippen LogP contribution in [0.3, 0.4) is 0 Å². The molecule has 0 spiro atoms. The van der Waals surface area contributed by atoms with Crippen LogP contribution in [-0.2, 0) is 4.79 Å². The van der Waals surface area contributed by atoms with Gasteiger partial charge in [0.25, 0.3) is 0 Å². The first kappa shape index (κ1) is 14.5. The van der Waals surface area contributed by atoms with Gasteiger partial charge in [0.1, 0.15) is 0 Å². The molecular weight excluding hydrogens is 282 g/mol. The molecule has 2 aromatic rings. The Bertz CT molecular complexity index is 706. The molecule has 0 radical (unpaired) electrons. The Morgan fingerprint density at radius 1 is 1.27 bits per heavy atom. The smallest absolute Gasteiger partial charge is 0.341 e. The summed E-state index contributed by atoms with van der Waals surface area (Å²) in [4.78, 5) is 26.2. The molecule has 1 atom stereocenters. The lowest BCUT2D eigenvalue weighted by atomic mass is 10.1. The van der Waals surface area contributed by atoms with E-state index in [4.69, 9.17) is 0 Å². The van der Waals surface area contributed by atoms with Crippen molar-refractivity contribution in [2.24, 2.45) is 0 Å². The number of piperidine rings is 1. The van der Waals surface area contributed by atoms with Crippen molar-refractivity contribution in [2.75, 3.05) is 13.1 Å². The average molecular weight is 301 g/mol. The lowest BCUT2D eigenvalue weighted by Crippen LogP contribution is -2.43. The maximum absolute atomic E-state index is 12.5. The molecule has 0 aliphatic carbocycles. The predicted octanol–water partition coefficient (Wildman–Crippen LogP) is 1.00. The Morgan fingerprint density at radius 3 is 2.77 bits per heavy atom. The number of hydrogen-bond donors (Lipinski definition) is 0. The van der Waals surface area contributed by atoms with E-state index in [1.165, 1.54) is 9.36 Å². The lowest BCUT2D eigenvalue weighted by molar-refractivity contribution is -0.132. The number of carbonyl (C=O) groups is 1. The quantitative estimate of drug-likeness (QED) is 0.848. The van der Waals surface area contributed by atoms with Gasteiger partial charge in [-0.2, -0.15) is 9.36 Å². The highest BCUT2D eigenvalue weighted by Gasteiger charge is 2.26. The third-order valence-corrected chi connectivity index (χ3v) is 4.00. The van der Waals surface area contributed by atoms with E-state index in [1.54, 1.807) is 0 Å². The molecule has 1 saturated heterocycles. The van der Waals surface area contributed by atoms with Gasteiger partial charge in [0.05, 0.1) is 11.7 Å². The van der Waals surface area contributed by atoms with Crippen LogP contribution >= 0.6 is 0 Å². The van der Waals surface area contributed by atoms with Gasteiger partial charge >= 0.3 is 5.69 Å². The average Bonchev–Trinajstić information content (AvgIpc) is 2.96. The number of aromatic nitrogens is 4. The van der Waals surface area contributed by atoms with E-state index in [1.807, 2.05) is 42.2 Å². The number of nitrogens with zero attached hydrogens (tertiary/aromatic N) is 5. The Morgan fingerprint density at radius 2 is 2.05 bits per heavy atom. The van der Waals surface area contributed by atoms with Crippen molar-refractivity contribution in [3.8, 4) is 5.69 Å². The van der Waals surface area contributed by atoms with Gasteiger partial charge in [-0.1, -0.05) is 25.1 Å². The van der Waals surface area contributed by atoms with Crippen molar-refractivity contribution in [2.45, 2.75) is 32.2 Å². The Labute approximate surface area is 128 Å². The Hall–Kier alpha value is -2.44. The minimum atomic E-state index is -0.262. The highest BCUT2D eigenvalue weighted by atomic mass is 16.2. The van der Waals surface area contributed by atoms with Gasteiger partial charge in [-0.05, 0) is 35.4 Å². The summed E-state index contributed by atoms with van der Waals surface area (Å²) in [5.74, 6) is 0.119. The van der Waals surface area contributed by atoms with Gasteiger partial charge in [0.2, 0.25) is 5.91 Å². The van der Waals surface area contributed by atoms with Gasteiger partial charge in [0, 0.05) is 19.5 Å². The highest BCUT2D eigenvalue weighted by molar-refractivity contribution is 5.75. The van der Waals surface area contributed by atoms with Crippen molar-refractivity contribution in [3.63, 3.8) is 0 Å². The number of likely N-dealkylation sites (tertiary alicyclic amines) is 1. The first-order chi connectivity index (χ1) is 10.7. The van der Waals surface area contributed by atoms with Crippen LogP contribution in [0.4, 0.5) is 0 Å². The fourth-order valence-corrected chi connectivity index (χ4v) is 2.82. The molecule has 0 N–H and O–H groups in total. The highest BCUT2D eigenvalue weighted by Crippen LogP contribution is 2.19. The number of benzene rings is 1. The van der Waals surface area contributed by atoms with E-state index in [0.717, 1.165) is 19.4 Å². The fourth-order valence-electron chi connectivity index (χ4n) is 2.82. The zero-order valence-corrected chi connectivity index (χ0v) is 12.6. The van der Waals surface area contributed by atoms with Crippen LogP contribution in [0.2, 0.25) is 0 Å². The normalized spacial score (nSPS) is 18.4. The molecule has 1 amide bonds. The summed E-state index contributed by atoms with van der Waals surface area (Å²) in [6.07, 6.45) is 2.19. The number of hydrogen-bond acceptors (Lipinski definition) is 4. The standard InChI is InChI=1S/C15H19N5O2/c1-2-14(21)18-10-6-9-13(11-18)20-15(22)19(16-17-20)12-7-4-3-5-8-12/h3-5,7-8,13H,2,6,9-11H2,1H3. The second kappa shape index (κ2) is 6.13. The van der Waals surface area contributed by atoms with Crippen LogP contribution in [0.5, 0.6) is 0 Å². The Balaban J connectivity index is 1.85. The molecule has 7 nitrogen and oxygen atoms in total. The monoisotopic (exact) mass is 301 g/mol. The van der Waals surface area contributed by atoms with Crippen LogP contribution in [-0.4, -0.2) is 43.7 Å². The molecule has 0 saturated carbocycles. The summed E-state index contributed by atoms with van der Waals surface area (Å²) in [6, 6.07) is 9.11. The SMILES string of the molecule is CCC(=O)N1CCCC(n2nnn(-c3ccccc3)c2=O)C1. The molecule has 116 valence electrons. The van der Waals surface area contributed by atoms with E-state index < -0.39 is 0 Å². The molecule has 2 heterocycles. The lowest BCUT2D eigenvalue weighted by Gasteiger charge is -2.31. The molecule has 1 unspecified atom stereocenters. The van der Waals surface area contributed by atoms with Crippen LogP contribution in [0.25, 0.3) is 5.69 Å². The van der Waals surface area contributed by atoms with Gasteiger partial charge in [-0.15, -0.1) is 0 Å². The van der Waals surface area contributed by atoms with Crippen molar-refractivity contribution in [1.29, 1.82) is 0 Å². The third-order valence-electron chi connectivity index (χ3n) is 4.00. The van der Waals surface area contributed by atoms with Crippen molar-refractivity contribution >= 4 is 5.91 Å².